The number of nitrogens with two attached hydrogens (primary N) is 1. The highest BCUT2D eigenvalue weighted by Gasteiger charge is 2.04. The lowest BCUT2D eigenvalue weighted by Crippen LogP contribution is -2.22. The predicted molar refractivity (Wildman–Crippen MR) is 71.1 cm³/mol. The Bertz CT molecular complexity index is 469. The zero-order chi connectivity index (χ0) is 12.8. The van der Waals surface area contributed by atoms with E-state index in [-0.39, 0.29) is 0 Å². The summed E-state index contributed by atoms with van der Waals surface area (Å²) in [5.41, 5.74) is 7.72. The van der Waals surface area contributed by atoms with Crippen molar-refractivity contribution in [2.45, 2.75) is 13.0 Å². The van der Waals surface area contributed by atoms with Crippen LogP contribution in [0.1, 0.15) is 11.1 Å². The third kappa shape index (κ3) is 3.24. The van der Waals surface area contributed by atoms with Crippen LogP contribution < -0.4 is 10.6 Å². The Balaban J connectivity index is 1.93. The van der Waals surface area contributed by atoms with Gasteiger partial charge in [0.1, 0.15) is 0 Å². The van der Waals surface area contributed by atoms with E-state index in [1.165, 1.54) is 5.56 Å². The Morgan fingerprint density at radius 2 is 1.78 bits per heavy atom. The lowest BCUT2D eigenvalue weighted by Gasteiger charge is -2.16. The first kappa shape index (κ1) is 12.4. The molecular weight excluding hydrogens is 226 g/mol. The second kappa shape index (κ2) is 6.07. The molecule has 0 aliphatic rings. The summed E-state index contributed by atoms with van der Waals surface area (Å²) >= 11 is 0. The van der Waals surface area contributed by atoms with E-state index in [2.05, 4.69) is 15.0 Å². The minimum Gasteiger partial charge on any atom is -0.344 e. The number of pyridine rings is 1. The molecule has 2 rings (SSSR count). The van der Waals surface area contributed by atoms with E-state index in [1.807, 2.05) is 36.5 Å². The zero-order valence-corrected chi connectivity index (χ0v) is 10.5. The summed E-state index contributed by atoms with van der Waals surface area (Å²) in [5.74, 6) is 0.723. The number of hydrogen-bond acceptors (Lipinski definition) is 5. The number of aromatic nitrogens is 3. The molecule has 0 aromatic carbocycles. The molecule has 0 radical (unpaired) electrons. The fourth-order valence-corrected chi connectivity index (χ4v) is 1.60. The summed E-state index contributed by atoms with van der Waals surface area (Å²) in [6.45, 7) is 1.34. The molecule has 0 amide bonds. The molecule has 0 aliphatic carbocycles. The van der Waals surface area contributed by atoms with Crippen molar-refractivity contribution in [3.63, 3.8) is 0 Å². The van der Waals surface area contributed by atoms with Crippen LogP contribution in [0.2, 0.25) is 0 Å². The zero-order valence-electron chi connectivity index (χ0n) is 10.5. The average molecular weight is 243 g/mol. The molecule has 0 saturated carbocycles. The van der Waals surface area contributed by atoms with Crippen molar-refractivity contribution < 1.29 is 0 Å². The van der Waals surface area contributed by atoms with E-state index in [0.29, 0.717) is 6.54 Å². The molecule has 2 heterocycles. The number of likely N-dealkylation sites (N-methyl/N-ethyl adjacent to an activating group) is 1. The molecule has 0 fully saturated rings. The maximum Gasteiger partial charge on any atom is 0.225 e. The van der Waals surface area contributed by atoms with Gasteiger partial charge in [-0.3, -0.25) is 4.98 Å². The molecule has 0 unspecified atom stereocenters. The molecule has 0 atom stereocenters. The highest BCUT2D eigenvalue weighted by atomic mass is 15.2. The molecule has 2 N–H and O–H groups in total. The quantitative estimate of drug-likeness (QED) is 0.848. The molecule has 94 valence electrons. The Kier molecular flexibility index (Phi) is 4.20. The smallest absolute Gasteiger partial charge is 0.225 e. The van der Waals surface area contributed by atoms with Crippen molar-refractivity contribution in [2.24, 2.45) is 5.73 Å². The van der Waals surface area contributed by atoms with Crippen molar-refractivity contribution in [3.05, 3.63) is 48.0 Å². The fraction of sp³-hybridized carbons (Fsp3) is 0.308. The van der Waals surface area contributed by atoms with Crippen LogP contribution in [0.4, 0.5) is 5.95 Å². The summed E-state index contributed by atoms with van der Waals surface area (Å²) in [4.78, 5) is 14.6. The van der Waals surface area contributed by atoms with Crippen molar-refractivity contribution in [3.8, 4) is 0 Å². The summed E-state index contributed by atoms with van der Waals surface area (Å²) in [7, 11) is 1.98. The summed E-state index contributed by atoms with van der Waals surface area (Å²) in [6, 6.07) is 4.04. The lowest BCUT2D eigenvalue weighted by atomic mass is 10.2. The van der Waals surface area contributed by atoms with Crippen LogP contribution in [0.15, 0.2) is 36.9 Å². The average Bonchev–Trinajstić information content (AvgIpc) is 2.46. The Labute approximate surface area is 107 Å². The van der Waals surface area contributed by atoms with Crippen LogP contribution >= 0.6 is 0 Å². The normalized spacial score (nSPS) is 10.3. The summed E-state index contributed by atoms with van der Waals surface area (Å²) in [6.07, 6.45) is 8.10. The molecule has 5 nitrogen and oxygen atoms in total. The fourth-order valence-electron chi connectivity index (χ4n) is 1.60. The SMILES string of the molecule is CN(CCc1ccncc1)c1ncc(CN)cn1. The van der Waals surface area contributed by atoms with E-state index < -0.39 is 0 Å². The second-order valence-electron chi connectivity index (χ2n) is 4.12. The van der Waals surface area contributed by atoms with E-state index in [0.717, 1.165) is 24.5 Å². The van der Waals surface area contributed by atoms with Gasteiger partial charge in [-0.15, -0.1) is 0 Å². The van der Waals surface area contributed by atoms with Gasteiger partial charge in [-0.2, -0.15) is 0 Å². The maximum atomic E-state index is 5.51. The van der Waals surface area contributed by atoms with Gasteiger partial charge in [-0.05, 0) is 24.1 Å². The Morgan fingerprint density at radius 1 is 1.11 bits per heavy atom. The predicted octanol–water partition coefficient (Wildman–Crippen LogP) is 1.01. The van der Waals surface area contributed by atoms with Gasteiger partial charge in [-0.25, -0.2) is 9.97 Å². The molecular formula is C13H17N5. The van der Waals surface area contributed by atoms with Crippen LogP contribution in [0, 0.1) is 0 Å². The van der Waals surface area contributed by atoms with E-state index in [4.69, 9.17) is 5.73 Å². The largest absolute Gasteiger partial charge is 0.344 e. The van der Waals surface area contributed by atoms with E-state index in [9.17, 15) is 0 Å². The Hall–Kier alpha value is -2.01. The highest BCUT2D eigenvalue weighted by molar-refractivity contribution is 5.29. The molecule has 0 saturated heterocycles. The van der Waals surface area contributed by atoms with Gasteiger partial charge in [0, 0.05) is 50.5 Å². The van der Waals surface area contributed by atoms with Crippen molar-refractivity contribution in [1.82, 2.24) is 15.0 Å². The van der Waals surface area contributed by atoms with Gasteiger partial charge in [0.15, 0.2) is 0 Å². The van der Waals surface area contributed by atoms with Crippen LogP contribution in [-0.4, -0.2) is 28.5 Å². The summed E-state index contributed by atoms with van der Waals surface area (Å²) < 4.78 is 0. The number of nitrogens with zero attached hydrogens (tertiary/aromatic N) is 4. The standard InChI is InChI=1S/C13H17N5/c1-18(7-4-11-2-5-15-6-3-11)13-16-9-12(8-14)10-17-13/h2-3,5-6,9-10H,4,7-8,14H2,1H3. The monoisotopic (exact) mass is 243 g/mol. The van der Waals surface area contributed by atoms with Gasteiger partial charge >= 0.3 is 0 Å². The first-order valence-corrected chi connectivity index (χ1v) is 5.90. The lowest BCUT2D eigenvalue weighted by molar-refractivity contribution is 0.831. The number of hydrogen-bond donors (Lipinski definition) is 1. The minimum atomic E-state index is 0.473. The van der Waals surface area contributed by atoms with Crippen LogP contribution in [0.25, 0.3) is 0 Å². The van der Waals surface area contributed by atoms with Gasteiger partial charge in [0.25, 0.3) is 0 Å². The van der Waals surface area contributed by atoms with Gasteiger partial charge < -0.3 is 10.6 Å². The molecule has 0 aliphatic heterocycles. The number of anilines is 1. The third-order valence-corrected chi connectivity index (χ3v) is 2.75. The minimum absolute atomic E-state index is 0.473. The second-order valence-corrected chi connectivity index (χ2v) is 4.12. The van der Waals surface area contributed by atoms with Gasteiger partial charge in [0.2, 0.25) is 5.95 Å². The summed E-state index contributed by atoms with van der Waals surface area (Å²) in [5, 5.41) is 0. The maximum absolute atomic E-state index is 5.51. The van der Waals surface area contributed by atoms with E-state index in [1.54, 1.807) is 12.4 Å². The molecule has 2 aromatic heterocycles. The van der Waals surface area contributed by atoms with Gasteiger partial charge in [-0.1, -0.05) is 0 Å². The van der Waals surface area contributed by atoms with Crippen molar-refractivity contribution >= 4 is 5.95 Å². The first-order chi connectivity index (χ1) is 8.79. The molecule has 0 bridgehead atoms. The highest BCUT2D eigenvalue weighted by Crippen LogP contribution is 2.06. The topological polar surface area (TPSA) is 67.9 Å². The van der Waals surface area contributed by atoms with Crippen LogP contribution in [0.3, 0.4) is 0 Å². The molecule has 0 spiro atoms. The first-order valence-electron chi connectivity index (χ1n) is 5.90. The van der Waals surface area contributed by atoms with Gasteiger partial charge in [0.05, 0.1) is 0 Å². The molecule has 5 heteroatoms. The van der Waals surface area contributed by atoms with Crippen LogP contribution in [-0.2, 0) is 13.0 Å². The van der Waals surface area contributed by atoms with Crippen molar-refractivity contribution in [2.75, 3.05) is 18.5 Å². The van der Waals surface area contributed by atoms with E-state index >= 15 is 0 Å². The third-order valence-electron chi connectivity index (χ3n) is 2.75. The van der Waals surface area contributed by atoms with Crippen LogP contribution in [0.5, 0.6) is 0 Å². The molecule has 2 aromatic rings. The molecule has 18 heavy (non-hydrogen) atoms. The Morgan fingerprint density at radius 3 is 2.39 bits per heavy atom. The number of rotatable bonds is 5. The van der Waals surface area contributed by atoms with Crippen molar-refractivity contribution in [1.29, 1.82) is 0 Å².